The van der Waals surface area contributed by atoms with E-state index in [0.29, 0.717) is 5.89 Å². The van der Waals surface area contributed by atoms with Gasteiger partial charge in [0.25, 0.3) is 0 Å². The number of aromatic nitrogens is 3. The first kappa shape index (κ1) is 27.0. The normalized spacial score (nSPS) is 13.5. The maximum Gasteiger partial charge on any atom is 0.227 e. The molecule has 1 aliphatic heterocycles. The van der Waals surface area contributed by atoms with E-state index in [0.717, 1.165) is 67.1 Å². The van der Waals surface area contributed by atoms with Crippen LogP contribution in [0, 0.1) is 0 Å². The molecule has 0 spiro atoms. The maximum atomic E-state index is 6.29. The number of nitrogens with one attached hydrogen (secondary N) is 1. The quantitative estimate of drug-likeness (QED) is 0.212. The zero-order valence-electron chi connectivity index (χ0n) is 25.3. The van der Waals surface area contributed by atoms with Crippen LogP contribution in [0.1, 0.15) is 17.2 Å². The first-order chi connectivity index (χ1) is 23.3. The van der Waals surface area contributed by atoms with Crippen LogP contribution in [0.4, 0.5) is 5.69 Å². The minimum Gasteiger partial charge on any atom is -0.436 e. The van der Waals surface area contributed by atoms with E-state index in [-0.39, 0.29) is 6.04 Å². The summed E-state index contributed by atoms with van der Waals surface area (Å²) in [4.78, 5) is 14.1. The van der Waals surface area contributed by atoms with Crippen molar-refractivity contribution in [2.45, 2.75) is 6.04 Å². The van der Waals surface area contributed by atoms with Gasteiger partial charge in [-0.25, -0.2) is 9.97 Å². The Morgan fingerprint density at radius 1 is 0.532 bits per heavy atom. The molecule has 0 bridgehead atoms. The maximum absolute atomic E-state index is 6.29. The molecule has 5 nitrogen and oxygen atoms in total. The summed E-state index contributed by atoms with van der Waals surface area (Å²) in [6.07, 6.45) is 3.59. The molecule has 222 valence electrons. The van der Waals surface area contributed by atoms with Gasteiger partial charge in [0.05, 0.1) is 17.4 Å². The van der Waals surface area contributed by atoms with E-state index in [9.17, 15) is 0 Å². The van der Waals surface area contributed by atoms with Crippen molar-refractivity contribution in [3.63, 3.8) is 0 Å². The standard InChI is InChI=1S/C42H28N4O/c1-2-8-30(9-3-1)42-46-41-38(47-42)21-20-34-39(41)33-12-4-5-13-37(33)45-40(34)32-11-6-10-31(26-32)27-16-18-28(19-17-27)35-14-7-15-36(44-35)29-22-24-43-25-23-29/h1-26,40,45H. The molecule has 8 aromatic rings. The molecule has 0 amide bonds. The second-order valence-corrected chi connectivity index (χ2v) is 11.7. The Labute approximate surface area is 272 Å². The topological polar surface area (TPSA) is 63.8 Å². The Morgan fingerprint density at radius 3 is 2.06 bits per heavy atom. The van der Waals surface area contributed by atoms with Crippen molar-refractivity contribution in [3.05, 3.63) is 169 Å². The van der Waals surface area contributed by atoms with Gasteiger partial charge >= 0.3 is 0 Å². The van der Waals surface area contributed by atoms with E-state index in [4.69, 9.17) is 14.4 Å². The lowest BCUT2D eigenvalue weighted by Gasteiger charge is -2.30. The number of hydrogen-bond donors (Lipinski definition) is 1. The molecule has 0 fully saturated rings. The Morgan fingerprint density at radius 2 is 1.23 bits per heavy atom. The predicted molar refractivity (Wildman–Crippen MR) is 189 cm³/mol. The summed E-state index contributed by atoms with van der Waals surface area (Å²) in [6.45, 7) is 0. The fraction of sp³-hybridized carbons (Fsp3) is 0.0238. The van der Waals surface area contributed by atoms with Gasteiger partial charge in [-0.1, -0.05) is 91.0 Å². The molecule has 0 radical (unpaired) electrons. The third-order valence-corrected chi connectivity index (χ3v) is 8.88. The highest BCUT2D eigenvalue weighted by Crippen LogP contribution is 2.47. The zero-order valence-corrected chi connectivity index (χ0v) is 25.3. The summed E-state index contributed by atoms with van der Waals surface area (Å²) >= 11 is 0. The fourth-order valence-electron chi connectivity index (χ4n) is 6.57. The minimum absolute atomic E-state index is 0.0551. The first-order valence-corrected chi connectivity index (χ1v) is 15.7. The van der Waals surface area contributed by atoms with Crippen molar-refractivity contribution >= 4 is 16.8 Å². The molecule has 5 heteroatoms. The first-order valence-electron chi connectivity index (χ1n) is 15.7. The minimum atomic E-state index is -0.0551. The Bertz CT molecular complexity index is 2380. The van der Waals surface area contributed by atoms with Gasteiger partial charge in [-0.15, -0.1) is 0 Å². The molecule has 5 aromatic carbocycles. The summed E-state index contributed by atoms with van der Waals surface area (Å²) < 4.78 is 6.29. The molecular formula is C42H28N4O. The van der Waals surface area contributed by atoms with E-state index in [1.54, 1.807) is 12.4 Å². The number of oxazole rings is 1. The summed E-state index contributed by atoms with van der Waals surface area (Å²) in [5, 5.41) is 3.83. The summed E-state index contributed by atoms with van der Waals surface area (Å²) in [5.41, 5.74) is 14.6. The predicted octanol–water partition coefficient (Wildman–Crippen LogP) is 10.5. The molecule has 1 N–H and O–H groups in total. The lowest BCUT2D eigenvalue weighted by atomic mass is 9.85. The van der Waals surface area contributed by atoms with Crippen LogP contribution in [0.15, 0.2) is 162 Å². The Balaban J connectivity index is 1.08. The van der Waals surface area contributed by atoms with E-state index in [1.807, 2.05) is 48.5 Å². The number of rotatable bonds is 5. The number of pyridine rings is 2. The van der Waals surface area contributed by atoms with Gasteiger partial charge in [-0.3, -0.25) is 4.98 Å². The van der Waals surface area contributed by atoms with Crippen LogP contribution in [-0.2, 0) is 0 Å². The average Bonchev–Trinajstić information content (AvgIpc) is 3.60. The van der Waals surface area contributed by atoms with Crippen molar-refractivity contribution in [1.29, 1.82) is 0 Å². The van der Waals surface area contributed by atoms with Gasteiger partial charge in [0, 0.05) is 45.9 Å². The number of benzene rings is 5. The fourth-order valence-corrected chi connectivity index (χ4v) is 6.57. The highest BCUT2D eigenvalue weighted by molar-refractivity contribution is 6.00. The third-order valence-electron chi connectivity index (χ3n) is 8.88. The smallest absolute Gasteiger partial charge is 0.227 e. The Hall–Kier alpha value is -6.33. The number of hydrogen-bond acceptors (Lipinski definition) is 5. The van der Waals surface area contributed by atoms with Crippen LogP contribution in [-0.4, -0.2) is 15.0 Å². The van der Waals surface area contributed by atoms with Crippen LogP contribution < -0.4 is 5.32 Å². The van der Waals surface area contributed by atoms with Crippen molar-refractivity contribution in [2.24, 2.45) is 0 Å². The number of nitrogens with zero attached hydrogens (tertiary/aromatic N) is 3. The third kappa shape index (κ3) is 4.86. The SMILES string of the molecule is c1ccc(-c2nc3c4c(ccc3o2)C(c2cccc(-c3ccc(-c5cccc(-c6ccncc6)n5)cc3)c2)Nc2ccccc2-4)cc1. The van der Waals surface area contributed by atoms with E-state index >= 15 is 0 Å². The molecule has 47 heavy (non-hydrogen) atoms. The van der Waals surface area contributed by atoms with E-state index in [2.05, 4.69) is 107 Å². The van der Waals surface area contributed by atoms with Gasteiger partial charge in [0.1, 0.15) is 5.52 Å². The van der Waals surface area contributed by atoms with Crippen LogP contribution >= 0.6 is 0 Å². The van der Waals surface area contributed by atoms with Gasteiger partial charge < -0.3 is 9.73 Å². The van der Waals surface area contributed by atoms with Crippen molar-refractivity contribution in [2.75, 3.05) is 5.32 Å². The summed E-state index contributed by atoms with van der Waals surface area (Å²) in [6, 6.07) is 50.3. The lowest BCUT2D eigenvalue weighted by Crippen LogP contribution is -2.18. The highest BCUT2D eigenvalue weighted by atomic mass is 16.3. The average molecular weight is 605 g/mol. The largest absolute Gasteiger partial charge is 0.436 e. The van der Waals surface area contributed by atoms with Crippen molar-refractivity contribution < 1.29 is 4.42 Å². The molecule has 4 heterocycles. The van der Waals surface area contributed by atoms with Crippen LogP contribution in [0.5, 0.6) is 0 Å². The summed E-state index contributed by atoms with van der Waals surface area (Å²) in [7, 11) is 0. The highest BCUT2D eigenvalue weighted by Gasteiger charge is 2.29. The second kappa shape index (κ2) is 11.2. The van der Waals surface area contributed by atoms with Crippen LogP contribution in [0.25, 0.3) is 67.3 Å². The number of para-hydroxylation sites is 1. The van der Waals surface area contributed by atoms with E-state index < -0.39 is 0 Å². The molecule has 1 atom stereocenters. The van der Waals surface area contributed by atoms with E-state index in [1.165, 1.54) is 11.1 Å². The molecule has 0 aliphatic carbocycles. The van der Waals surface area contributed by atoms with Crippen molar-refractivity contribution in [1.82, 2.24) is 15.0 Å². The Kier molecular flexibility index (Phi) is 6.46. The molecule has 0 saturated heterocycles. The molecule has 9 rings (SSSR count). The zero-order chi connectivity index (χ0) is 31.2. The van der Waals surface area contributed by atoms with Gasteiger partial charge in [0.15, 0.2) is 5.58 Å². The van der Waals surface area contributed by atoms with Gasteiger partial charge in [0.2, 0.25) is 5.89 Å². The molecule has 1 unspecified atom stereocenters. The van der Waals surface area contributed by atoms with Crippen LogP contribution in [0.2, 0.25) is 0 Å². The molecule has 3 aromatic heterocycles. The molecular weight excluding hydrogens is 576 g/mol. The molecule has 0 saturated carbocycles. The second-order valence-electron chi connectivity index (χ2n) is 11.7. The van der Waals surface area contributed by atoms with Gasteiger partial charge in [-0.05, 0) is 76.9 Å². The van der Waals surface area contributed by atoms with Gasteiger partial charge in [-0.2, -0.15) is 0 Å². The summed E-state index contributed by atoms with van der Waals surface area (Å²) in [5.74, 6) is 0.631. The number of anilines is 1. The monoisotopic (exact) mass is 604 g/mol. The lowest BCUT2D eigenvalue weighted by molar-refractivity contribution is 0.620. The molecule has 1 aliphatic rings. The van der Waals surface area contributed by atoms with Crippen molar-refractivity contribution in [3.8, 4) is 56.2 Å². The van der Waals surface area contributed by atoms with Crippen LogP contribution in [0.3, 0.4) is 0 Å². The number of fused-ring (bicyclic) bond motifs is 5.